The van der Waals surface area contributed by atoms with Crippen molar-refractivity contribution in [3.63, 3.8) is 0 Å². The molecule has 1 aliphatic heterocycles. The van der Waals surface area contributed by atoms with Crippen LogP contribution in [-0.2, 0) is 4.74 Å². The van der Waals surface area contributed by atoms with Gasteiger partial charge in [0.1, 0.15) is 0 Å². The average molecular weight is 234 g/mol. The minimum atomic E-state index is -0.109. The van der Waals surface area contributed by atoms with Crippen molar-refractivity contribution in [2.75, 3.05) is 13.7 Å². The van der Waals surface area contributed by atoms with E-state index in [-0.39, 0.29) is 11.6 Å². The molecule has 2 rings (SSSR count). The first-order valence-corrected chi connectivity index (χ1v) is 6.38. The van der Waals surface area contributed by atoms with Gasteiger partial charge < -0.3 is 10.1 Å². The maximum absolute atomic E-state index is 6.02. The Labute approximate surface area is 104 Å². The molecule has 2 atom stereocenters. The summed E-state index contributed by atoms with van der Waals surface area (Å²) >= 11 is 0. The van der Waals surface area contributed by atoms with Gasteiger partial charge in [0.05, 0.1) is 11.6 Å². The molecule has 1 N–H and O–H groups in total. The molecule has 0 saturated carbocycles. The number of nitrogens with one attached hydrogen (secondary N) is 1. The molecule has 1 aromatic rings. The highest BCUT2D eigenvalue weighted by atomic mass is 16.5. The van der Waals surface area contributed by atoms with Crippen LogP contribution in [0.1, 0.15) is 43.4 Å². The van der Waals surface area contributed by atoms with E-state index in [2.05, 4.69) is 30.2 Å². The lowest BCUT2D eigenvalue weighted by molar-refractivity contribution is -0.0885. The first-order chi connectivity index (χ1) is 8.15. The Kier molecular flexibility index (Phi) is 3.79. The van der Waals surface area contributed by atoms with Crippen LogP contribution in [0.2, 0.25) is 0 Å². The molecule has 0 amide bonds. The zero-order valence-corrected chi connectivity index (χ0v) is 11.0. The van der Waals surface area contributed by atoms with Gasteiger partial charge in [0.2, 0.25) is 0 Å². The largest absolute Gasteiger partial charge is 0.373 e. The van der Waals surface area contributed by atoms with E-state index in [0.29, 0.717) is 0 Å². The van der Waals surface area contributed by atoms with Gasteiger partial charge in [0.25, 0.3) is 0 Å². The Bertz CT molecular complexity index is 372. The second kappa shape index (κ2) is 5.15. The molecule has 3 nitrogen and oxygen atoms in total. The van der Waals surface area contributed by atoms with Crippen LogP contribution in [0.4, 0.5) is 0 Å². The molecule has 0 bridgehead atoms. The molecule has 1 fully saturated rings. The van der Waals surface area contributed by atoms with Gasteiger partial charge in [-0.3, -0.25) is 4.98 Å². The Morgan fingerprint density at radius 2 is 2.24 bits per heavy atom. The summed E-state index contributed by atoms with van der Waals surface area (Å²) in [6.45, 7) is 5.15. The highest BCUT2D eigenvalue weighted by Crippen LogP contribution is 2.36. The first kappa shape index (κ1) is 12.5. The third-order valence-electron chi connectivity index (χ3n) is 3.63. The molecular weight excluding hydrogens is 212 g/mol. The van der Waals surface area contributed by atoms with E-state index in [1.165, 1.54) is 24.0 Å². The molecule has 2 heterocycles. The second-order valence-electron chi connectivity index (χ2n) is 5.14. The number of pyridine rings is 1. The maximum Gasteiger partial charge on any atom is 0.0848 e. The van der Waals surface area contributed by atoms with E-state index >= 15 is 0 Å². The van der Waals surface area contributed by atoms with Gasteiger partial charge in [-0.25, -0.2) is 0 Å². The summed E-state index contributed by atoms with van der Waals surface area (Å²) in [6, 6.07) is 2.41. The number of hydrogen-bond acceptors (Lipinski definition) is 3. The van der Waals surface area contributed by atoms with Crippen molar-refractivity contribution in [1.29, 1.82) is 0 Å². The van der Waals surface area contributed by atoms with Crippen LogP contribution in [0.5, 0.6) is 0 Å². The van der Waals surface area contributed by atoms with Crippen molar-refractivity contribution in [2.45, 2.75) is 44.8 Å². The lowest BCUT2D eigenvalue weighted by atomic mass is 9.84. The lowest BCUT2D eigenvalue weighted by Crippen LogP contribution is -2.44. The van der Waals surface area contributed by atoms with E-state index in [0.717, 1.165) is 13.0 Å². The third kappa shape index (κ3) is 2.67. The normalized spacial score (nSPS) is 26.8. The molecule has 0 spiro atoms. The van der Waals surface area contributed by atoms with Crippen molar-refractivity contribution in [2.24, 2.45) is 0 Å². The SMILES string of the molecule is CNC(c1cncc(C)c1)C1(C)CCCCO1. The summed E-state index contributed by atoms with van der Waals surface area (Å²) < 4.78 is 6.02. The van der Waals surface area contributed by atoms with Gasteiger partial charge in [-0.15, -0.1) is 0 Å². The summed E-state index contributed by atoms with van der Waals surface area (Å²) in [6.07, 6.45) is 7.36. The van der Waals surface area contributed by atoms with Gasteiger partial charge in [-0.05, 0) is 51.3 Å². The minimum Gasteiger partial charge on any atom is -0.373 e. The molecule has 3 heteroatoms. The smallest absolute Gasteiger partial charge is 0.0848 e. The number of nitrogens with zero attached hydrogens (tertiary/aromatic N) is 1. The second-order valence-corrected chi connectivity index (χ2v) is 5.14. The molecular formula is C14H22N2O. The monoisotopic (exact) mass is 234 g/mol. The van der Waals surface area contributed by atoms with Crippen molar-refractivity contribution < 1.29 is 4.74 Å². The van der Waals surface area contributed by atoms with Crippen LogP contribution in [0, 0.1) is 6.92 Å². The van der Waals surface area contributed by atoms with Crippen LogP contribution >= 0.6 is 0 Å². The zero-order chi connectivity index (χ0) is 12.3. The topological polar surface area (TPSA) is 34.2 Å². The third-order valence-corrected chi connectivity index (χ3v) is 3.63. The Hall–Kier alpha value is -0.930. The molecule has 1 saturated heterocycles. The van der Waals surface area contributed by atoms with Crippen LogP contribution in [0.25, 0.3) is 0 Å². The fraction of sp³-hybridized carbons (Fsp3) is 0.643. The van der Waals surface area contributed by atoms with Crippen LogP contribution in [0.3, 0.4) is 0 Å². The van der Waals surface area contributed by atoms with E-state index in [1.807, 2.05) is 19.4 Å². The number of aryl methyl sites for hydroxylation is 1. The summed E-state index contributed by atoms with van der Waals surface area (Å²) in [7, 11) is 2.00. The quantitative estimate of drug-likeness (QED) is 0.873. The molecule has 2 unspecified atom stereocenters. The molecule has 1 aliphatic rings. The van der Waals surface area contributed by atoms with Crippen molar-refractivity contribution in [3.05, 3.63) is 29.6 Å². The van der Waals surface area contributed by atoms with Crippen LogP contribution in [-0.4, -0.2) is 24.2 Å². The summed E-state index contributed by atoms with van der Waals surface area (Å²) in [4.78, 5) is 4.28. The Morgan fingerprint density at radius 1 is 1.41 bits per heavy atom. The van der Waals surface area contributed by atoms with Crippen molar-refractivity contribution in [3.8, 4) is 0 Å². The molecule has 17 heavy (non-hydrogen) atoms. The summed E-state index contributed by atoms with van der Waals surface area (Å²) in [5, 5.41) is 3.39. The fourth-order valence-corrected chi connectivity index (χ4v) is 2.74. The van der Waals surface area contributed by atoms with Crippen LogP contribution < -0.4 is 5.32 Å². The Balaban J connectivity index is 2.26. The molecule has 94 valence electrons. The first-order valence-electron chi connectivity index (χ1n) is 6.38. The lowest BCUT2D eigenvalue weighted by Gasteiger charge is -2.40. The molecule has 1 aromatic heterocycles. The van der Waals surface area contributed by atoms with Crippen molar-refractivity contribution in [1.82, 2.24) is 10.3 Å². The highest BCUT2D eigenvalue weighted by molar-refractivity contribution is 5.23. The number of hydrogen-bond donors (Lipinski definition) is 1. The number of ether oxygens (including phenoxy) is 1. The Morgan fingerprint density at radius 3 is 2.82 bits per heavy atom. The minimum absolute atomic E-state index is 0.109. The molecule has 0 aromatic carbocycles. The standard InChI is InChI=1S/C14H22N2O/c1-11-8-12(10-16-9-11)13(15-3)14(2)6-4-5-7-17-14/h8-10,13,15H,4-7H2,1-3H3. The fourth-order valence-electron chi connectivity index (χ4n) is 2.74. The van der Waals surface area contributed by atoms with Crippen molar-refractivity contribution >= 4 is 0 Å². The van der Waals surface area contributed by atoms with Gasteiger partial charge in [-0.2, -0.15) is 0 Å². The number of likely N-dealkylation sites (N-methyl/N-ethyl adjacent to an activating group) is 1. The van der Waals surface area contributed by atoms with E-state index in [4.69, 9.17) is 4.74 Å². The summed E-state index contributed by atoms with van der Waals surface area (Å²) in [5.74, 6) is 0. The number of rotatable bonds is 3. The predicted molar refractivity (Wildman–Crippen MR) is 69.0 cm³/mol. The van der Waals surface area contributed by atoms with Gasteiger partial charge in [0, 0.05) is 19.0 Å². The highest BCUT2D eigenvalue weighted by Gasteiger charge is 2.37. The van der Waals surface area contributed by atoms with E-state index < -0.39 is 0 Å². The van der Waals surface area contributed by atoms with E-state index in [9.17, 15) is 0 Å². The number of aromatic nitrogens is 1. The van der Waals surface area contributed by atoms with E-state index in [1.54, 1.807) is 0 Å². The zero-order valence-electron chi connectivity index (χ0n) is 11.0. The molecule has 0 aliphatic carbocycles. The maximum atomic E-state index is 6.02. The summed E-state index contributed by atoms with van der Waals surface area (Å²) in [5.41, 5.74) is 2.31. The predicted octanol–water partition coefficient (Wildman–Crippen LogP) is 2.61. The van der Waals surface area contributed by atoms with Gasteiger partial charge in [0.15, 0.2) is 0 Å². The van der Waals surface area contributed by atoms with Gasteiger partial charge in [-0.1, -0.05) is 6.07 Å². The average Bonchev–Trinajstić information content (AvgIpc) is 2.30. The van der Waals surface area contributed by atoms with Crippen LogP contribution in [0.15, 0.2) is 18.5 Å². The molecule has 0 radical (unpaired) electrons. The van der Waals surface area contributed by atoms with Gasteiger partial charge >= 0.3 is 0 Å².